The molecule has 0 aliphatic heterocycles. The molecule has 0 aliphatic rings. The summed E-state index contributed by atoms with van der Waals surface area (Å²) in [4.78, 5) is 3.61. The average Bonchev–Trinajstić information content (AvgIpc) is 2.07. The van der Waals surface area contributed by atoms with Gasteiger partial charge in [0.25, 0.3) is 0 Å². The predicted octanol–water partition coefficient (Wildman–Crippen LogP) is 2.40. The summed E-state index contributed by atoms with van der Waals surface area (Å²) < 4.78 is 37.5. The van der Waals surface area contributed by atoms with Crippen LogP contribution in [-0.2, 0) is 12.6 Å². The van der Waals surface area contributed by atoms with Crippen LogP contribution in [0.3, 0.4) is 0 Å². The molecule has 1 aromatic heterocycles. The van der Waals surface area contributed by atoms with Crippen LogP contribution in [0.25, 0.3) is 0 Å². The lowest BCUT2D eigenvalue weighted by Gasteiger charge is -2.11. The van der Waals surface area contributed by atoms with E-state index in [1.807, 2.05) is 0 Å². The maximum absolute atomic E-state index is 12.4. The van der Waals surface area contributed by atoms with Gasteiger partial charge in [0.05, 0.1) is 11.3 Å². The van der Waals surface area contributed by atoms with Gasteiger partial charge in [0.1, 0.15) is 0 Å². The zero-order chi connectivity index (χ0) is 10.8. The molecule has 6 heteroatoms. The third kappa shape index (κ3) is 2.68. The number of pyridine rings is 1. The van der Waals surface area contributed by atoms with Crippen LogP contribution < -0.4 is 0 Å². The van der Waals surface area contributed by atoms with Gasteiger partial charge in [-0.2, -0.15) is 13.2 Å². The number of alkyl halides is 3. The molecule has 1 rings (SSSR count). The van der Waals surface area contributed by atoms with Crippen molar-refractivity contribution in [1.29, 1.82) is 0 Å². The van der Waals surface area contributed by atoms with Crippen molar-refractivity contribution in [3.8, 4) is 0 Å². The lowest BCUT2D eigenvalue weighted by Crippen LogP contribution is -2.11. The minimum Gasteiger partial charge on any atom is -0.396 e. The normalized spacial score (nSPS) is 11.8. The van der Waals surface area contributed by atoms with Gasteiger partial charge in [0, 0.05) is 23.7 Å². The minimum atomic E-state index is -4.43. The summed E-state index contributed by atoms with van der Waals surface area (Å²) >= 11 is 2.91. The van der Waals surface area contributed by atoms with Crippen molar-refractivity contribution in [2.24, 2.45) is 0 Å². The van der Waals surface area contributed by atoms with E-state index in [0.717, 1.165) is 6.07 Å². The Labute approximate surface area is 86.9 Å². The van der Waals surface area contributed by atoms with Gasteiger partial charge in [-0.15, -0.1) is 0 Å². The second-order valence-corrected chi connectivity index (χ2v) is 3.53. The molecular weight excluding hydrogens is 263 g/mol. The van der Waals surface area contributed by atoms with E-state index >= 15 is 0 Å². The quantitative estimate of drug-likeness (QED) is 0.895. The van der Waals surface area contributed by atoms with Crippen LogP contribution in [0.1, 0.15) is 11.3 Å². The third-order valence-electron chi connectivity index (χ3n) is 1.59. The summed E-state index contributed by atoms with van der Waals surface area (Å²) in [5, 5.41) is 8.56. The van der Waals surface area contributed by atoms with Crippen molar-refractivity contribution in [3.63, 3.8) is 0 Å². The highest BCUT2D eigenvalue weighted by atomic mass is 79.9. The number of rotatable bonds is 2. The van der Waals surface area contributed by atoms with Gasteiger partial charge in [0.2, 0.25) is 0 Å². The molecular formula is C8H7BrF3NO. The van der Waals surface area contributed by atoms with Gasteiger partial charge in [-0.05, 0) is 22.0 Å². The average molecular weight is 270 g/mol. The molecule has 0 saturated heterocycles. The first-order valence-electron chi connectivity index (χ1n) is 3.77. The van der Waals surface area contributed by atoms with E-state index in [9.17, 15) is 13.2 Å². The number of aliphatic hydroxyl groups is 1. The summed E-state index contributed by atoms with van der Waals surface area (Å²) in [6.07, 6.45) is -3.25. The van der Waals surface area contributed by atoms with Crippen LogP contribution in [0, 0.1) is 0 Å². The molecule has 1 N–H and O–H groups in total. The molecule has 1 heterocycles. The molecule has 0 radical (unpaired) electrons. The first-order chi connectivity index (χ1) is 6.45. The van der Waals surface area contributed by atoms with E-state index in [1.165, 1.54) is 6.20 Å². The highest BCUT2D eigenvalue weighted by Gasteiger charge is 2.34. The van der Waals surface area contributed by atoms with Crippen molar-refractivity contribution in [2.75, 3.05) is 6.61 Å². The van der Waals surface area contributed by atoms with E-state index in [-0.39, 0.29) is 23.2 Å². The zero-order valence-electron chi connectivity index (χ0n) is 6.98. The number of hydrogen-bond donors (Lipinski definition) is 1. The standard InChI is InChI=1S/C8H7BrF3NO/c9-5-3-6(8(10,11)12)7(1-2-14)13-4-5/h3-4,14H,1-2H2. The van der Waals surface area contributed by atoms with E-state index < -0.39 is 11.7 Å². The number of aliphatic hydroxyl groups excluding tert-OH is 1. The van der Waals surface area contributed by atoms with Crippen molar-refractivity contribution in [2.45, 2.75) is 12.6 Å². The molecule has 0 spiro atoms. The third-order valence-corrected chi connectivity index (χ3v) is 2.02. The number of hydrogen-bond acceptors (Lipinski definition) is 2. The minimum absolute atomic E-state index is 0.0951. The molecule has 0 fully saturated rings. The molecule has 0 bridgehead atoms. The predicted molar refractivity (Wildman–Crippen MR) is 47.7 cm³/mol. The van der Waals surface area contributed by atoms with Crippen molar-refractivity contribution in [3.05, 3.63) is 28.0 Å². The van der Waals surface area contributed by atoms with Crippen molar-refractivity contribution in [1.82, 2.24) is 4.98 Å². The summed E-state index contributed by atoms with van der Waals surface area (Å²) in [6, 6.07) is 0.956. The highest BCUT2D eigenvalue weighted by Crippen LogP contribution is 2.32. The molecule has 0 aliphatic carbocycles. The van der Waals surface area contributed by atoms with E-state index in [2.05, 4.69) is 20.9 Å². The Balaban J connectivity index is 3.16. The Morgan fingerprint density at radius 1 is 1.43 bits per heavy atom. The second kappa shape index (κ2) is 4.27. The zero-order valence-corrected chi connectivity index (χ0v) is 8.56. The fourth-order valence-corrected chi connectivity index (χ4v) is 1.35. The highest BCUT2D eigenvalue weighted by molar-refractivity contribution is 9.10. The lowest BCUT2D eigenvalue weighted by molar-refractivity contribution is -0.138. The van der Waals surface area contributed by atoms with Gasteiger partial charge >= 0.3 is 6.18 Å². The van der Waals surface area contributed by atoms with Crippen LogP contribution in [0.15, 0.2) is 16.7 Å². The fourth-order valence-electron chi connectivity index (χ4n) is 1.02. The van der Waals surface area contributed by atoms with E-state index in [0.29, 0.717) is 0 Å². The summed E-state index contributed by atoms with van der Waals surface area (Å²) in [5.41, 5.74) is -0.941. The van der Waals surface area contributed by atoms with Crippen molar-refractivity contribution < 1.29 is 18.3 Å². The van der Waals surface area contributed by atoms with Gasteiger partial charge in [0.15, 0.2) is 0 Å². The van der Waals surface area contributed by atoms with Crippen LogP contribution in [0.2, 0.25) is 0 Å². The Morgan fingerprint density at radius 3 is 2.57 bits per heavy atom. The second-order valence-electron chi connectivity index (χ2n) is 2.62. The Kier molecular flexibility index (Phi) is 3.49. The fraction of sp³-hybridized carbons (Fsp3) is 0.375. The van der Waals surface area contributed by atoms with Gasteiger partial charge in [-0.25, -0.2) is 0 Å². The Hall–Kier alpha value is -0.620. The van der Waals surface area contributed by atoms with Crippen LogP contribution >= 0.6 is 15.9 Å². The SMILES string of the molecule is OCCc1ncc(Br)cc1C(F)(F)F. The smallest absolute Gasteiger partial charge is 0.396 e. The molecule has 1 aromatic rings. The molecule has 14 heavy (non-hydrogen) atoms. The number of nitrogens with zero attached hydrogens (tertiary/aromatic N) is 1. The molecule has 0 unspecified atom stereocenters. The van der Waals surface area contributed by atoms with Gasteiger partial charge < -0.3 is 5.11 Å². The monoisotopic (exact) mass is 269 g/mol. The number of halogens is 4. The maximum Gasteiger partial charge on any atom is 0.418 e. The van der Waals surface area contributed by atoms with Gasteiger partial charge in [-0.3, -0.25) is 4.98 Å². The molecule has 2 nitrogen and oxygen atoms in total. The van der Waals surface area contributed by atoms with Gasteiger partial charge in [-0.1, -0.05) is 0 Å². The van der Waals surface area contributed by atoms with E-state index in [4.69, 9.17) is 5.11 Å². The van der Waals surface area contributed by atoms with E-state index in [1.54, 1.807) is 0 Å². The lowest BCUT2D eigenvalue weighted by atomic mass is 10.1. The van der Waals surface area contributed by atoms with Crippen LogP contribution in [0.5, 0.6) is 0 Å². The molecule has 78 valence electrons. The maximum atomic E-state index is 12.4. The molecule has 0 amide bonds. The molecule has 0 aromatic carbocycles. The largest absolute Gasteiger partial charge is 0.418 e. The summed E-state index contributed by atoms with van der Waals surface area (Å²) in [5.74, 6) is 0. The topological polar surface area (TPSA) is 33.1 Å². The van der Waals surface area contributed by atoms with Crippen molar-refractivity contribution >= 4 is 15.9 Å². The molecule has 0 atom stereocenters. The van der Waals surface area contributed by atoms with Crippen LogP contribution in [-0.4, -0.2) is 16.7 Å². The number of aromatic nitrogens is 1. The Morgan fingerprint density at radius 2 is 2.07 bits per heavy atom. The molecule has 0 saturated carbocycles. The summed E-state index contributed by atoms with van der Waals surface area (Å²) in [6.45, 7) is -0.349. The first-order valence-corrected chi connectivity index (χ1v) is 4.57. The first kappa shape index (κ1) is 11.5. The Bertz CT molecular complexity index is 327. The van der Waals surface area contributed by atoms with Crippen LogP contribution in [0.4, 0.5) is 13.2 Å². The summed E-state index contributed by atoms with van der Waals surface area (Å²) in [7, 11) is 0.